The summed E-state index contributed by atoms with van der Waals surface area (Å²) in [4.78, 5) is 11.7. The van der Waals surface area contributed by atoms with Gasteiger partial charge in [-0.25, -0.2) is 0 Å². The lowest BCUT2D eigenvalue weighted by Gasteiger charge is -2.05. The first kappa shape index (κ1) is 11.8. The van der Waals surface area contributed by atoms with Gasteiger partial charge in [0.1, 0.15) is 0 Å². The normalized spacial score (nSPS) is 10.2. The highest BCUT2D eigenvalue weighted by Crippen LogP contribution is 2.11. The van der Waals surface area contributed by atoms with Crippen LogP contribution >= 0.6 is 11.3 Å². The van der Waals surface area contributed by atoms with E-state index in [4.69, 9.17) is 5.11 Å². The molecule has 2 rings (SSSR count). The van der Waals surface area contributed by atoms with Crippen molar-refractivity contribution in [1.82, 2.24) is 0 Å². The molecular weight excluding hydrogens is 234 g/mol. The molecule has 0 radical (unpaired) electrons. The molecule has 1 amide bonds. The molecule has 0 spiro atoms. The number of rotatable bonds is 4. The Kier molecular flexibility index (Phi) is 3.90. The molecule has 2 N–H and O–H groups in total. The first-order valence-electron chi connectivity index (χ1n) is 5.28. The van der Waals surface area contributed by atoms with E-state index in [-0.39, 0.29) is 12.5 Å². The molecule has 17 heavy (non-hydrogen) atoms. The van der Waals surface area contributed by atoms with Gasteiger partial charge in [0.05, 0.1) is 13.0 Å². The van der Waals surface area contributed by atoms with Gasteiger partial charge in [0.2, 0.25) is 5.91 Å². The van der Waals surface area contributed by atoms with E-state index in [9.17, 15) is 4.79 Å². The topological polar surface area (TPSA) is 49.3 Å². The molecule has 0 fully saturated rings. The fraction of sp³-hybridized carbons (Fsp3) is 0.154. The Balaban J connectivity index is 1.93. The van der Waals surface area contributed by atoms with Gasteiger partial charge < -0.3 is 10.4 Å². The van der Waals surface area contributed by atoms with E-state index in [0.29, 0.717) is 6.42 Å². The summed E-state index contributed by atoms with van der Waals surface area (Å²) in [6.07, 6.45) is 0.394. The number of benzene rings is 1. The molecule has 0 saturated heterocycles. The molecule has 4 heteroatoms. The van der Waals surface area contributed by atoms with Gasteiger partial charge in [0.25, 0.3) is 0 Å². The first-order valence-corrected chi connectivity index (χ1v) is 6.23. The minimum absolute atomic E-state index is 0.0170. The predicted octanol–water partition coefficient (Wildman–Crippen LogP) is 2.42. The van der Waals surface area contributed by atoms with Crippen molar-refractivity contribution in [2.75, 3.05) is 5.32 Å². The molecular formula is C13H13NO2S. The van der Waals surface area contributed by atoms with Crippen LogP contribution in [0.1, 0.15) is 11.1 Å². The second-order valence-electron chi connectivity index (χ2n) is 3.71. The summed E-state index contributed by atoms with van der Waals surface area (Å²) in [5.74, 6) is -0.0276. The molecule has 1 aromatic carbocycles. The number of carbonyl (C=O) groups excluding carboxylic acids is 1. The van der Waals surface area contributed by atoms with Gasteiger partial charge in [0.15, 0.2) is 0 Å². The van der Waals surface area contributed by atoms with E-state index in [1.807, 2.05) is 16.8 Å². The molecule has 0 aliphatic rings. The lowest BCUT2D eigenvalue weighted by Crippen LogP contribution is -2.13. The second kappa shape index (κ2) is 5.61. The van der Waals surface area contributed by atoms with Crippen molar-refractivity contribution < 1.29 is 9.90 Å². The van der Waals surface area contributed by atoms with Crippen LogP contribution in [0.2, 0.25) is 0 Å². The van der Waals surface area contributed by atoms with Gasteiger partial charge in [-0.05, 0) is 40.1 Å². The standard InChI is InChI=1S/C13H13NO2S/c15-8-10-1-3-12(4-2-10)14-13(16)7-11-5-6-17-9-11/h1-6,9,15H,7-8H2,(H,14,16). The number of amides is 1. The average Bonchev–Trinajstić information content (AvgIpc) is 2.82. The fourth-order valence-corrected chi connectivity index (χ4v) is 2.15. The Hall–Kier alpha value is -1.65. The lowest BCUT2D eigenvalue weighted by atomic mass is 10.2. The predicted molar refractivity (Wildman–Crippen MR) is 69.0 cm³/mol. The Morgan fingerprint density at radius 1 is 1.18 bits per heavy atom. The van der Waals surface area contributed by atoms with E-state index in [2.05, 4.69) is 5.32 Å². The van der Waals surface area contributed by atoms with Crippen molar-refractivity contribution in [1.29, 1.82) is 0 Å². The number of carbonyl (C=O) groups is 1. The minimum atomic E-state index is -0.0276. The maximum absolute atomic E-state index is 11.7. The van der Waals surface area contributed by atoms with Gasteiger partial charge in [-0.3, -0.25) is 4.79 Å². The lowest BCUT2D eigenvalue weighted by molar-refractivity contribution is -0.115. The zero-order valence-corrected chi connectivity index (χ0v) is 10.0. The quantitative estimate of drug-likeness (QED) is 0.871. The van der Waals surface area contributed by atoms with Crippen molar-refractivity contribution in [2.24, 2.45) is 0 Å². The molecule has 1 aromatic heterocycles. The first-order chi connectivity index (χ1) is 8.28. The number of aliphatic hydroxyl groups is 1. The van der Waals surface area contributed by atoms with Crippen LogP contribution in [0.4, 0.5) is 5.69 Å². The van der Waals surface area contributed by atoms with Crippen molar-refractivity contribution in [3.05, 3.63) is 52.2 Å². The molecule has 0 saturated carbocycles. The smallest absolute Gasteiger partial charge is 0.228 e. The monoisotopic (exact) mass is 247 g/mol. The largest absolute Gasteiger partial charge is 0.392 e. The van der Waals surface area contributed by atoms with E-state index < -0.39 is 0 Å². The number of thiophene rings is 1. The highest BCUT2D eigenvalue weighted by molar-refractivity contribution is 7.08. The summed E-state index contributed by atoms with van der Waals surface area (Å²) in [6.45, 7) is 0.0170. The van der Waals surface area contributed by atoms with E-state index in [0.717, 1.165) is 16.8 Å². The highest BCUT2D eigenvalue weighted by atomic mass is 32.1. The molecule has 0 aliphatic carbocycles. The number of nitrogens with one attached hydrogen (secondary N) is 1. The SMILES string of the molecule is O=C(Cc1ccsc1)Nc1ccc(CO)cc1. The molecule has 0 aliphatic heterocycles. The minimum Gasteiger partial charge on any atom is -0.392 e. The van der Waals surface area contributed by atoms with Crippen LogP contribution in [0.15, 0.2) is 41.1 Å². The summed E-state index contributed by atoms with van der Waals surface area (Å²) in [5, 5.41) is 15.6. The molecule has 2 aromatic rings. The van der Waals surface area contributed by atoms with Crippen LogP contribution in [0, 0.1) is 0 Å². The molecule has 0 atom stereocenters. The van der Waals surface area contributed by atoms with Crippen molar-refractivity contribution in [3.63, 3.8) is 0 Å². The Morgan fingerprint density at radius 2 is 1.94 bits per heavy atom. The molecule has 88 valence electrons. The third-order valence-electron chi connectivity index (χ3n) is 2.37. The summed E-state index contributed by atoms with van der Waals surface area (Å²) in [6, 6.07) is 9.10. The molecule has 0 unspecified atom stereocenters. The number of aliphatic hydroxyl groups excluding tert-OH is 1. The molecule has 0 bridgehead atoms. The fourth-order valence-electron chi connectivity index (χ4n) is 1.48. The van der Waals surface area contributed by atoms with E-state index >= 15 is 0 Å². The third kappa shape index (κ3) is 3.41. The van der Waals surface area contributed by atoms with Gasteiger partial charge in [-0.15, -0.1) is 0 Å². The summed E-state index contributed by atoms with van der Waals surface area (Å²) < 4.78 is 0. The van der Waals surface area contributed by atoms with Gasteiger partial charge in [0, 0.05) is 5.69 Å². The Labute approximate surface area is 104 Å². The van der Waals surface area contributed by atoms with Crippen LogP contribution in [0.5, 0.6) is 0 Å². The summed E-state index contributed by atoms with van der Waals surface area (Å²) in [5.41, 5.74) is 2.61. The van der Waals surface area contributed by atoms with Crippen molar-refractivity contribution in [3.8, 4) is 0 Å². The maximum atomic E-state index is 11.7. The second-order valence-corrected chi connectivity index (χ2v) is 4.49. The maximum Gasteiger partial charge on any atom is 0.228 e. The molecule has 1 heterocycles. The van der Waals surface area contributed by atoms with Crippen molar-refractivity contribution >= 4 is 22.9 Å². The highest BCUT2D eigenvalue weighted by Gasteiger charge is 2.04. The molecule has 3 nitrogen and oxygen atoms in total. The third-order valence-corrected chi connectivity index (χ3v) is 3.10. The van der Waals surface area contributed by atoms with E-state index in [1.54, 1.807) is 35.6 Å². The van der Waals surface area contributed by atoms with E-state index in [1.165, 1.54) is 0 Å². The van der Waals surface area contributed by atoms with Gasteiger partial charge in [-0.2, -0.15) is 11.3 Å². The van der Waals surface area contributed by atoms with Crippen LogP contribution < -0.4 is 5.32 Å². The summed E-state index contributed by atoms with van der Waals surface area (Å²) >= 11 is 1.59. The Morgan fingerprint density at radius 3 is 2.53 bits per heavy atom. The average molecular weight is 247 g/mol. The van der Waals surface area contributed by atoms with Crippen LogP contribution in [-0.2, 0) is 17.8 Å². The Bertz CT molecular complexity index is 477. The number of hydrogen-bond acceptors (Lipinski definition) is 3. The number of anilines is 1. The van der Waals surface area contributed by atoms with Gasteiger partial charge in [-0.1, -0.05) is 12.1 Å². The summed E-state index contributed by atoms with van der Waals surface area (Å²) in [7, 11) is 0. The van der Waals surface area contributed by atoms with Crippen molar-refractivity contribution in [2.45, 2.75) is 13.0 Å². The van der Waals surface area contributed by atoms with Crippen LogP contribution in [0.25, 0.3) is 0 Å². The van der Waals surface area contributed by atoms with Gasteiger partial charge >= 0.3 is 0 Å². The van der Waals surface area contributed by atoms with Crippen LogP contribution in [-0.4, -0.2) is 11.0 Å². The zero-order valence-electron chi connectivity index (χ0n) is 9.22. The zero-order chi connectivity index (χ0) is 12.1. The number of hydrogen-bond donors (Lipinski definition) is 2. The van der Waals surface area contributed by atoms with Crippen LogP contribution in [0.3, 0.4) is 0 Å².